The van der Waals surface area contributed by atoms with Crippen LogP contribution >= 0.6 is 0 Å². The zero-order valence-corrected chi connectivity index (χ0v) is 15.1. The molecule has 1 atom stereocenters. The standard InChI is InChI=1S/C21H23NO2S/c23-25(24)21(14-16-7-3-1-4-8-16)15-22(25)20-12-11-18(13-19(20)21)17-9-5-2-6-10-17/h2,5-6,9-13,16H,1,3-4,7-8,14-15H2. The molecule has 3 nitrogen and oxygen atoms in total. The van der Waals surface area contributed by atoms with Crippen LogP contribution in [0.25, 0.3) is 11.1 Å². The number of anilines is 1. The Balaban J connectivity index is 1.57. The van der Waals surface area contributed by atoms with Crippen LogP contribution in [0.3, 0.4) is 0 Å². The highest BCUT2D eigenvalue weighted by Gasteiger charge is 2.66. The zero-order valence-electron chi connectivity index (χ0n) is 14.3. The second kappa shape index (κ2) is 5.34. The fraction of sp³-hybridized carbons (Fsp3) is 0.429. The molecule has 1 unspecified atom stereocenters. The van der Waals surface area contributed by atoms with Crippen molar-refractivity contribution in [3.63, 3.8) is 0 Å². The Kier molecular flexibility index (Phi) is 3.30. The van der Waals surface area contributed by atoms with Gasteiger partial charge in [-0.05, 0) is 35.6 Å². The SMILES string of the molecule is O=S1(=O)N2CC1(CC1CCCCC1)c1cc(-c3ccccc3)ccc12. The van der Waals surface area contributed by atoms with Crippen LogP contribution in [-0.2, 0) is 14.8 Å². The molecule has 0 amide bonds. The molecule has 2 fully saturated rings. The van der Waals surface area contributed by atoms with Gasteiger partial charge in [-0.3, -0.25) is 4.31 Å². The average molecular weight is 353 g/mol. The lowest BCUT2D eigenvalue weighted by molar-refractivity contribution is 0.296. The Morgan fingerprint density at radius 1 is 0.960 bits per heavy atom. The van der Waals surface area contributed by atoms with Gasteiger partial charge in [-0.15, -0.1) is 0 Å². The molecule has 0 spiro atoms. The summed E-state index contributed by atoms with van der Waals surface area (Å²) in [4.78, 5) is 0. The van der Waals surface area contributed by atoms with E-state index in [2.05, 4.69) is 24.3 Å². The monoisotopic (exact) mass is 353 g/mol. The molecular formula is C21H23NO2S. The molecular weight excluding hydrogens is 330 g/mol. The molecule has 6 rings (SSSR count). The Labute approximate surface area is 149 Å². The molecule has 4 aliphatic rings. The normalized spacial score (nSPS) is 27.0. The van der Waals surface area contributed by atoms with Crippen molar-refractivity contribution in [3.05, 3.63) is 54.1 Å². The molecule has 1 saturated carbocycles. The second-order valence-corrected chi connectivity index (χ2v) is 9.98. The summed E-state index contributed by atoms with van der Waals surface area (Å²) in [6, 6.07) is 16.4. The van der Waals surface area contributed by atoms with Crippen LogP contribution in [-0.4, -0.2) is 15.0 Å². The smallest absolute Gasteiger partial charge is 0.247 e. The first-order chi connectivity index (χ1) is 12.1. The van der Waals surface area contributed by atoms with Crippen LogP contribution in [0.5, 0.6) is 0 Å². The van der Waals surface area contributed by atoms with Crippen molar-refractivity contribution in [2.24, 2.45) is 5.92 Å². The van der Waals surface area contributed by atoms with E-state index in [1.807, 2.05) is 24.3 Å². The molecule has 0 aromatic heterocycles. The summed E-state index contributed by atoms with van der Waals surface area (Å²) in [6.07, 6.45) is 6.98. The highest BCUT2D eigenvalue weighted by Crippen LogP contribution is 2.60. The lowest BCUT2D eigenvalue weighted by Gasteiger charge is -2.43. The number of rotatable bonds is 3. The van der Waals surface area contributed by atoms with E-state index in [1.165, 1.54) is 32.1 Å². The van der Waals surface area contributed by atoms with Crippen LogP contribution in [0.1, 0.15) is 44.1 Å². The Morgan fingerprint density at radius 2 is 1.72 bits per heavy atom. The van der Waals surface area contributed by atoms with Crippen LogP contribution < -0.4 is 4.31 Å². The van der Waals surface area contributed by atoms with Gasteiger partial charge >= 0.3 is 0 Å². The summed E-state index contributed by atoms with van der Waals surface area (Å²) in [5, 5.41) is 0. The van der Waals surface area contributed by atoms with E-state index in [0.717, 1.165) is 28.8 Å². The Hall–Kier alpha value is -1.81. The van der Waals surface area contributed by atoms with Crippen LogP contribution in [0.2, 0.25) is 0 Å². The van der Waals surface area contributed by atoms with Crippen molar-refractivity contribution < 1.29 is 8.42 Å². The number of hydrogen-bond donors (Lipinski definition) is 0. The Bertz CT molecular complexity index is 916. The minimum absolute atomic E-state index is 0.553. The van der Waals surface area contributed by atoms with Crippen molar-refractivity contribution in [3.8, 4) is 11.1 Å². The summed E-state index contributed by atoms with van der Waals surface area (Å²) in [5.74, 6) is 0.553. The quantitative estimate of drug-likeness (QED) is 0.803. The number of nitrogens with zero attached hydrogens (tertiary/aromatic N) is 1. The lowest BCUT2D eigenvalue weighted by atomic mass is 9.80. The molecule has 3 heterocycles. The zero-order chi connectivity index (χ0) is 17.1. The van der Waals surface area contributed by atoms with Crippen molar-refractivity contribution in [1.29, 1.82) is 0 Å². The van der Waals surface area contributed by atoms with Crippen molar-refractivity contribution in [1.82, 2.24) is 0 Å². The maximum absolute atomic E-state index is 13.0. The minimum atomic E-state index is -3.21. The number of hydrogen-bond acceptors (Lipinski definition) is 2. The van der Waals surface area contributed by atoms with Gasteiger partial charge in [0.05, 0.1) is 12.2 Å². The van der Waals surface area contributed by atoms with Gasteiger partial charge in [0.25, 0.3) is 0 Å². The molecule has 1 aliphatic carbocycles. The third-order valence-electron chi connectivity index (χ3n) is 6.39. The fourth-order valence-electron chi connectivity index (χ4n) is 5.05. The van der Waals surface area contributed by atoms with Gasteiger partial charge in [0.1, 0.15) is 4.75 Å². The van der Waals surface area contributed by atoms with Gasteiger partial charge in [-0.2, -0.15) is 0 Å². The van der Waals surface area contributed by atoms with E-state index >= 15 is 0 Å². The van der Waals surface area contributed by atoms with Gasteiger partial charge in [0.15, 0.2) is 0 Å². The van der Waals surface area contributed by atoms with Gasteiger partial charge in [-0.1, -0.05) is 68.5 Å². The lowest BCUT2D eigenvalue weighted by Crippen LogP contribution is -2.58. The van der Waals surface area contributed by atoms with Gasteiger partial charge in [0, 0.05) is 5.56 Å². The van der Waals surface area contributed by atoms with E-state index in [1.54, 1.807) is 4.31 Å². The summed E-state index contributed by atoms with van der Waals surface area (Å²) in [7, 11) is -3.21. The van der Waals surface area contributed by atoms with E-state index in [0.29, 0.717) is 12.5 Å². The maximum atomic E-state index is 13.0. The molecule has 130 valence electrons. The molecule has 25 heavy (non-hydrogen) atoms. The van der Waals surface area contributed by atoms with Crippen LogP contribution in [0, 0.1) is 5.92 Å². The first-order valence-electron chi connectivity index (χ1n) is 9.34. The van der Waals surface area contributed by atoms with Crippen molar-refractivity contribution in [2.45, 2.75) is 43.3 Å². The topological polar surface area (TPSA) is 37.4 Å². The van der Waals surface area contributed by atoms with E-state index in [4.69, 9.17) is 0 Å². The summed E-state index contributed by atoms with van der Waals surface area (Å²) in [6.45, 7) is 0.652. The predicted molar refractivity (Wildman–Crippen MR) is 101 cm³/mol. The first kappa shape index (κ1) is 15.4. The number of benzene rings is 2. The predicted octanol–water partition coefficient (Wildman–Crippen LogP) is 4.68. The molecule has 0 radical (unpaired) electrons. The van der Waals surface area contributed by atoms with Crippen LogP contribution in [0.4, 0.5) is 5.69 Å². The highest BCUT2D eigenvalue weighted by atomic mass is 32.2. The summed E-state index contributed by atoms with van der Waals surface area (Å²) in [5.41, 5.74) is 4.22. The average Bonchev–Trinajstić information content (AvgIpc) is 3.08. The molecule has 2 bridgehead atoms. The van der Waals surface area contributed by atoms with Gasteiger partial charge < -0.3 is 0 Å². The third kappa shape index (κ3) is 2.06. The van der Waals surface area contributed by atoms with Crippen LogP contribution in [0.15, 0.2) is 48.5 Å². The van der Waals surface area contributed by atoms with E-state index in [-0.39, 0.29) is 0 Å². The number of sulfonamides is 1. The third-order valence-corrected chi connectivity index (χ3v) is 8.80. The molecule has 1 saturated heterocycles. The maximum Gasteiger partial charge on any atom is 0.247 e. The molecule has 2 aromatic carbocycles. The van der Waals surface area contributed by atoms with E-state index in [9.17, 15) is 8.42 Å². The molecule has 4 heteroatoms. The second-order valence-electron chi connectivity index (χ2n) is 7.81. The molecule has 0 N–H and O–H groups in total. The van der Waals surface area contributed by atoms with Crippen molar-refractivity contribution >= 4 is 15.7 Å². The highest BCUT2D eigenvalue weighted by molar-refractivity contribution is 7.95. The van der Waals surface area contributed by atoms with Gasteiger partial charge in [-0.25, -0.2) is 8.42 Å². The molecule has 2 aromatic rings. The largest absolute Gasteiger partial charge is 0.267 e. The fourth-order valence-corrected chi connectivity index (χ4v) is 7.24. The van der Waals surface area contributed by atoms with Crippen molar-refractivity contribution in [2.75, 3.05) is 10.8 Å². The van der Waals surface area contributed by atoms with E-state index < -0.39 is 14.8 Å². The molecule has 3 aliphatic heterocycles. The minimum Gasteiger partial charge on any atom is -0.267 e. The summed E-state index contributed by atoms with van der Waals surface area (Å²) < 4.78 is 27.0. The Morgan fingerprint density at radius 3 is 2.44 bits per heavy atom. The summed E-state index contributed by atoms with van der Waals surface area (Å²) >= 11 is 0. The van der Waals surface area contributed by atoms with Gasteiger partial charge in [0.2, 0.25) is 10.0 Å². The first-order valence-corrected chi connectivity index (χ1v) is 10.8.